The van der Waals surface area contributed by atoms with Crippen LogP contribution in [0.25, 0.3) is 0 Å². The third kappa shape index (κ3) is 1.48. The summed E-state index contributed by atoms with van der Waals surface area (Å²) in [6, 6.07) is 0. The molecule has 2 unspecified atom stereocenters. The molecule has 0 aromatic rings. The molecule has 2 N–H and O–H groups in total. The van der Waals surface area contributed by atoms with Crippen LogP contribution in [0, 0.1) is 0 Å². The Balaban J connectivity index is 2.41. The standard InChI is InChI=1S/C7H15NO2/c1-7(5-9)3-6(10-2)4-8-7/h6,8-9H,3-5H2,1-2H3. The molecule has 0 aliphatic carbocycles. The molecular formula is C7H15NO2. The van der Waals surface area contributed by atoms with Crippen molar-refractivity contribution in [2.75, 3.05) is 20.3 Å². The van der Waals surface area contributed by atoms with E-state index in [1.165, 1.54) is 0 Å². The van der Waals surface area contributed by atoms with E-state index in [9.17, 15) is 0 Å². The number of rotatable bonds is 2. The highest BCUT2D eigenvalue weighted by molar-refractivity contribution is 4.93. The third-order valence-electron chi connectivity index (χ3n) is 2.12. The number of nitrogens with one attached hydrogen (secondary N) is 1. The first-order chi connectivity index (χ1) is 4.70. The highest BCUT2D eigenvalue weighted by Gasteiger charge is 2.33. The molecule has 0 amide bonds. The van der Waals surface area contributed by atoms with Gasteiger partial charge < -0.3 is 15.2 Å². The van der Waals surface area contributed by atoms with E-state index in [0.29, 0.717) is 0 Å². The number of hydrogen-bond donors (Lipinski definition) is 2. The van der Waals surface area contributed by atoms with Gasteiger partial charge in [0.1, 0.15) is 0 Å². The molecule has 0 aromatic heterocycles. The van der Waals surface area contributed by atoms with E-state index in [1.54, 1.807) is 7.11 Å². The van der Waals surface area contributed by atoms with Gasteiger partial charge in [0.15, 0.2) is 0 Å². The lowest BCUT2D eigenvalue weighted by atomic mass is 10.0. The molecule has 60 valence electrons. The summed E-state index contributed by atoms with van der Waals surface area (Å²) < 4.78 is 5.13. The molecule has 0 saturated carbocycles. The summed E-state index contributed by atoms with van der Waals surface area (Å²) in [4.78, 5) is 0. The second-order valence-electron chi connectivity index (χ2n) is 3.16. The molecule has 0 spiro atoms. The largest absolute Gasteiger partial charge is 0.394 e. The highest BCUT2D eigenvalue weighted by Crippen LogP contribution is 2.19. The van der Waals surface area contributed by atoms with Gasteiger partial charge in [0.05, 0.1) is 12.7 Å². The number of aliphatic hydroxyl groups is 1. The minimum absolute atomic E-state index is 0.110. The van der Waals surface area contributed by atoms with Crippen LogP contribution in [0.1, 0.15) is 13.3 Å². The molecule has 1 fully saturated rings. The SMILES string of the molecule is COC1CNC(C)(CO)C1. The Labute approximate surface area is 61.4 Å². The zero-order valence-electron chi connectivity index (χ0n) is 6.55. The summed E-state index contributed by atoms with van der Waals surface area (Å²) in [6.45, 7) is 3.05. The van der Waals surface area contributed by atoms with Crippen molar-refractivity contribution < 1.29 is 9.84 Å². The van der Waals surface area contributed by atoms with Crippen molar-refractivity contribution in [1.82, 2.24) is 5.32 Å². The number of ether oxygens (including phenoxy) is 1. The van der Waals surface area contributed by atoms with Gasteiger partial charge in [-0.05, 0) is 13.3 Å². The average Bonchev–Trinajstić information content (AvgIpc) is 2.33. The Kier molecular flexibility index (Phi) is 2.28. The smallest absolute Gasteiger partial charge is 0.0714 e. The van der Waals surface area contributed by atoms with Crippen LogP contribution in [0.15, 0.2) is 0 Å². The molecule has 1 heterocycles. The summed E-state index contributed by atoms with van der Waals surface area (Å²) in [7, 11) is 1.70. The molecule has 3 nitrogen and oxygen atoms in total. The Hall–Kier alpha value is -0.120. The van der Waals surface area contributed by atoms with Crippen LogP contribution in [-0.4, -0.2) is 37.0 Å². The van der Waals surface area contributed by atoms with Crippen molar-refractivity contribution in [3.8, 4) is 0 Å². The van der Waals surface area contributed by atoms with E-state index in [2.05, 4.69) is 5.32 Å². The first kappa shape index (κ1) is 7.98. The number of aliphatic hydroxyl groups excluding tert-OH is 1. The molecule has 1 aliphatic heterocycles. The monoisotopic (exact) mass is 145 g/mol. The summed E-state index contributed by atoms with van der Waals surface area (Å²) in [5.41, 5.74) is -0.110. The second-order valence-corrected chi connectivity index (χ2v) is 3.16. The van der Waals surface area contributed by atoms with Gasteiger partial charge in [0.25, 0.3) is 0 Å². The maximum Gasteiger partial charge on any atom is 0.0714 e. The van der Waals surface area contributed by atoms with Crippen LogP contribution in [0.2, 0.25) is 0 Å². The molecule has 1 saturated heterocycles. The van der Waals surface area contributed by atoms with Gasteiger partial charge in [-0.1, -0.05) is 0 Å². The molecular weight excluding hydrogens is 130 g/mol. The maximum atomic E-state index is 8.92. The Morgan fingerprint density at radius 1 is 1.80 bits per heavy atom. The van der Waals surface area contributed by atoms with Gasteiger partial charge in [0.2, 0.25) is 0 Å². The minimum Gasteiger partial charge on any atom is -0.394 e. The summed E-state index contributed by atoms with van der Waals surface area (Å²) in [6.07, 6.45) is 1.18. The van der Waals surface area contributed by atoms with Gasteiger partial charge in [-0.3, -0.25) is 0 Å². The van der Waals surface area contributed by atoms with Gasteiger partial charge in [-0.2, -0.15) is 0 Å². The first-order valence-corrected chi connectivity index (χ1v) is 3.59. The lowest BCUT2D eigenvalue weighted by Gasteiger charge is -2.20. The molecule has 0 bridgehead atoms. The quantitative estimate of drug-likeness (QED) is 0.563. The maximum absolute atomic E-state index is 8.92. The molecule has 0 radical (unpaired) electrons. The van der Waals surface area contributed by atoms with Crippen LogP contribution in [0.3, 0.4) is 0 Å². The van der Waals surface area contributed by atoms with Gasteiger partial charge >= 0.3 is 0 Å². The molecule has 3 heteroatoms. The van der Waals surface area contributed by atoms with Gasteiger partial charge in [-0.15, -0.1) is 0 Å². The molecule has 10 heavy (non-hydrogen) atoms. The van der Waals surface area contributed by atoms with E-state index in [0.717, 1.165) is 13.0 Å². The van der Waals surface area contributed by atoms with Crippen molar-refractivity contribution in [3.05, 3.63) is 0 Å². The predicted molar refractivity (Wildman–Crippen MR) is 38.9 cm³/mol. The van der Waals surface area contributed by atoms with Crippen molar-refractivity contribution in [1.29, 1.82) is 0 Å². The fraction of sp³-hybridized carbons (Fsp3) is 1.00. The topological polar surface area (TPSA) is 41.5 Å². The summed E-state index contributed by atoms with van der Waals surface area (Å²) in [5, 5.41) is 12.1. The van der Waals surface area contributed by atoms with Crippen LogP contribution in [0.4, 0.5) is 0 Å². The Morgan fingerprint density at radius 2 is 2.50 bits per heavy atom. The summed E-state index contributed by atoms with van der Waals surface area (Å²) in [5.74, 6) is 0. The van der Waals surface area contributed by atoms with E-state index < -0.39 is 0 Å². The Bertz CT molecular complexity index is 118. The van der Waals surface area contributed by atoms with E-state index in [-0.39, 0.29) is 18.2 Å². The first-order valence-electron chi connectivity index (χ1n) is 3.59. The minimum atomic E-state index is -0.110. The van der Waals surface area contributed by atoms with Crippen molar-refractivity contribution in [3.63, 3.8) is 0 Å². The van der Waals surface area contributed by atoms with Gasteiger partial charge in [-0.25, -0.2) is 0 Å². The number of methoxy groups -OCH3 is 1. The van der Waals surface area contributed by atoms with Crippen LogP contribution in [0.5, 0.6) is 0 Å². The van der Waals surface area contributed by atoms with Crippen molar-refractivity contribution in [2.45, 2.75) is 25.0 Å². The summed E-state index contributed by atoms with van der Waals surface area (Å²) >= 11 is 0. The third-order valence-corrected chi connectivity index (χ3v) is 2.12. The van der Waals surface area contributed by atoms with Crippen LogP contribution >= 0.6 is 0 Å². The van der Waals surface area contributed by atoms with Crippen LogP contribution in [-0.2, 0) is 4.74 Å². The number of hydrogen-bond acceptors (Lipinski definition) is 3. The highest BCUT2D eigenvalue weighted by atomic mass is 16.5. The zero-order chi connectivity index (χ0) is 7.61. The average molecular weight is 145 g/mol. The van der Waals surface area contributed by atoms with E-state index in [1.807, 2.05) is 6.92 Å². The molecule has 1 rings (SSSR count). The van der Waals surface area contributed by atoms with Crippen LogP contribution < -0.4 is 5.32 Å². The molecule has 0 aromatic carbocycles. The lowest BCUT2D eigenvalue weighted by Crippen LogP contribution is -2.39. The van der Waals surface area contributed by atoms with Crippen molar-refractivity contribution >= 4 is 0 Å². The molecule has 2 atom stereocenters. The van der Waals surface area contributed by atoms with E-state index >= 15 is 0 Å². The predicted octanol–water partition coefficient (Wildman–Crippen LogP) is -0.254. The fourth-order valence-electron chi connectivity index (χ4n) is 1.29. The van der Waals surface area contributed by atoms with Gasteiger partial charge in [0, 0.05) is 19.2 Å². The normalized spacial score (nSPS) is 40.5. The lowest BCUT2D eigenvalue weighted by molar-refractivity contribution is 0.105. The Morgan fingerprint density at radius 3 is 2.80 bits per heavy atom. The zero-order valence-corrected chi connectivity index (χ0v) is 6.55. The molecule has 1 aliphatic rings. The van der Waals surface area contributed by atoms with E-state index in [4.69, 9.17) is 9.84 Å². The van der Waals surface area contributed by atoms with Crippen molar-refractivity contribution in [2.24, 2.45) is 0 Å². The second kappa shape index (κ2) is 2.86. The fourth-order valence-corrected chi connectivity index (χ4v) is 1.29.